The van der Waals surface area contributed by atoms with Gasteiger partial charge in [0.15, 0.2) is 0 Å². The molecule has 8 nitrogen and oxygen atoms in total. The molecule has 0 saturated carbocycles. The third kappa shape index (κ3) is 5.43. The Morgan fingerprint density at radius 1 is 0.964 bits per heavy atom. The van der Waals surface area contributed by atoms with Gasteiger partial charge in [-0.25, -0.2) is 9.78 Å². The Morgan fingerprint density at radius 2 is 1.54 bits per heavy atom. The van der Waals surface area contributed by atoms with Crippen molar-refractivity contribution >= 4 is 17.9 Å². The summed E-state index contributed by atoms with van der Waals surface area (Å²) in [6, 6.07) is 4.97. The third-order valence-corrected chi connectivity index (χ3v) is 4.55. The van der Waals surface area contributed by atoms with Crippen molar-refractivity contribution in [3.05, 3.63) is 29.6 Å². The van der Waals surface area contributed by atoms with Crippen LogP contribution in [0.5, 0.6) is 0 Å². The highest BCUT2D eigenvalue weighted by Crippen LogP contribution is 2.11. The van der Waals surface area contributed by atoms with Crippen LogP contribution < -0.4 is 0 Å². The molecule has 0 aromatic carbocycles. The fourth-order valence-corrected chi connectivity index (χ4v) is 3.16. The lowest BCUT2D eigenvalue weighted by Crippen LogP contribution is -2.50. The van der Waals surface area contributed by atoms with Crippen molar-refractivity contribution in [3.8, 4) is 0 Å². The number of rotatable bonds is 7. The second-order valence-electron chi connectivity index (χ2n) is 6.68. The quantitative estimate of drug-likeness (QED) is 0.713. The maximum absolute atomic E-state index is 12.8. The number of piperazine rings is 1. The minimum atomic E-state index is -0.354. The Hall–Kier alpha value is -2.64. The van der Waals surface area contributed by atoms with E-state index in [4.69, 9.17) is 4.74 Å². The molecule has 0 unspecified atom stereocenters. The minimum absolute atomic E-state index is 0.148. The van der Waals surface area contributed by atoms with Crippen LogP contribution in [0.15, 0.2) is 18.2 Å². The van der Waals surface area contributed by atoms with E-state index in [0.717, 1.165) is 12.8 Å². The van der Waals surface area contributed by atoms with Gasteiger partial charge in [-0.1, -0.05) is 19.9 Å². The van der Waals surface area contributed by atoms with Gasteiger partial charge in [-0.3, -0.25) is 9.59 Å². The molecule has 28 heavy (non-hydrogen) atoms. The lowest BCUT2D eigenvalue weighted by atomic mass is 10.2. The summed E-state index contributed by atoms with van der Waals surface area (Å²) in [6.45, 7) is 9.15. The second-order valence-corrected chi connectivity index (χ2v) is 6.68. The molecule has 3 amide bonds. The topological polar surface area (TPSA) is 83.1 Å². The van der Waals surface area contributed by atoms with Gasteiger partial charge < -0.3 is 19.4 Å². The molecule has 2 heterocycles. The zero-order chi connectivity index (χ0) is 20.5. The van der Waals surface area contributed by atoms with Crippen molar-refractivity contribution in [3.63, 3.8) is 0 Å². The van der Waals surface area contributed by atoms with Crippen molar-refractivity contribution in [1.29, 1.82) is 0 Å². The minimum Gasteiger partial charge on any atom is -0.450 e. The lowest BCUT2D eigenvalue weighted by Gasteiger charge is -2.33. The van der Waals surface area contributed by atoms with E-state index in [-0.39, 0.29) is 29.3 Å². The molecule has 0 radical (unpaired) electrons. The van der Waals surface area contributed by atoms with E-state index in [2.05, 4.69) is 4.98 Å². The summed E-state index contributed by atoms with van der Waals surface area (Å²) in [5.74, 6) is -0.374. The van der Waals surface area contributed by atoms with Crippen LogP contribution >= 0.6 is 0 Å². The number of amides is 3. The van der Waals surface area contributed by atoms with Gasteiger partial charge in [0, 0.05) is 39.3 Å². The smallest absolute Gasteiger partial charge is 0.409 e. The highest BCUT2D eigenvalue weighted by Gasteiger charge is 2.26. The number of ether oxygens (including phenoxy) is 1. The van der Waals surface area contributed by atoms with Crippen molar-refractivity contribution < 1.29 is 19.1 Å². The zero-order valence-corrected chi connectivity index (χ0v) is 17.0. The van der Waals surface area contributed by atoms with Crippen LogP contribution in [-0.2, 0) is 4.74 Å². The first kappa shape index (κ1) is 21.7. The predicted molar refractivity (Wildman–Crippen MR) is 105 cm³/mol. The standard InChI is InChI=1S/C20H30N4O4/c1-4-10-22(11-5-2)18(25)16-8-7-9-17(21-16)19(26)23-12-14-24(15-13-23)20(27)28-6-3/h7-9H,4-6,10-15H2,1-3H3. The number of hydrogen-bond donors (Lipinski definition) is 0. The number of hydrogen-bond acceptors (Lipinski definition) is 5. The summed E-state index contributed by atoms with van der Waals surface area (Å²) in [7, 11) is 0. The first-order valence-electron chi connectivity index (χ1n) is 9.99. The molecule has 0 spiro atoms. The average Bonchev–Trinajstić information content (AvgIpc) is 2.73. The summed E-state index contributed by atoms with van der Waals surface area (Å²) < 4.78 is 4.99. The van der Waals surface area contributed by atoms with Gasteiger partial charge in [0.05, 0.1) is 6.61 Å². The first-order chi connectivity index (χ1) is 13.5. The van der Waals surface area contributed by atoms with E-state index >= 15 is 0 Å². The van der Waals surface area contributed by atoms with E-state index in [1.54, 1.807) is 39.8 Å². The van der Waals surface area contributed by atoms with Gasteiger partial charge in [-0.2, -0.15) is 0 Å². The molecule has 1 aliphatic rings. The van der Waals surface area contributed by atoms with E-state index in [9.17, 15) is 14.4 Å². The Morgan fingerprint density at radius 3 is 2.11 bits per heavy atom. The van der Waals surface area contributed by atoms with Gasteiger partial charge in [-0.15, -0.1) is 0 Å². The molecule has 0 aliphatic carbocycles. The Labute approximate surface area is 166 Å². The molecule has 2 rings (SSSR count). The van der Waals surface area contributed by atoms with Gasteiger partial charge in [0.2, 0.25) is 0 Å². The SMILES string of the molecule is CCCN(CCC)C(=O)c1cccc(C(=O)N2CCN(C(=O)OCC)CC2)n1. The maximum Gasteiger partial charge on any atom is 0.409 e. The van der Waals surface area contributed by atoms with Crippen molar-refractivity contribution in [2.75, 3.05) is 45.9 Å². The Bertz CT molecular complexity index is 681. The molecule has 0 bridgehead atoms. The molecule has 0 N–H and O–H groups in total. The largest absolute Gasteiger partial charge is 0.450 e. The molecule has 1 fully saturated rings. The zero-order valence-electron chi connectivity index (χ0n) is 17.0. The van der Waals surface area contributed by atoms with Crippen LogP contribution in [-0.4, -0.2) is 83.5 Å². The summed E-state index contributed by atoms with van der Waals surface area (Å²) in [6.07, 6.45) is 1.39. The highest BCUT2D eigenvalue weighted by atomic mass is 16.6. The molecule has 8 heteroatoms. The molecule has 1 aromatic rings. The summed E-state index contributed by atoms with van der Waals surface area (Å²) >= 11 is 0. The first-order valence-corrected chi connectivity index (χ1v) is 9.99. The number of carbonyl (C=O) groups excluding carboxylic acids is 3. The molecule has 154 valence electrons. The van der Waals surface area contributed by atoms with E-state index in [1.807, 2.05) is 13.8 Å². The summed E-state index contributed by atoms with van der Waals surface area (Å²) in [4.78, 5) is 46.7. The molecule has 0 atom stereocenters. The monoisotopic (exact) mass is 390 g/mol. The number of nitrogens with zero attached hydrogens (tertiary/aromatic N) is 4. The normalized spacial score (nSPS) is 14.0. The fourth-order valence-electron chi connectivity index (χ4n) is 3.16. The summed E-state index contributed by atoms with van der Waals surface area (Å²) in [5, 5.41) is 0. The summed E-state index contributed by atoms with van der Waals surface area (Å²) in [5.41, 5.74) is 0.543. The molecular weight excluding hydrogens is 360 g/mol. The van der Waals surface area contributed by atoms with Gasteiger partial charge in [0.25, 0.3) is 11.8 Å². The van der Waals surface area contributed by atoms with E-state index < -0.39 is 0 Å². The molecule has 1 aromatic heterocycles. The molecular formula is C20H30N4O4. The van der Waals surface area contributed by atoms with Crippen LogP contribution in [0.3, 0.4) is 0 Å². The van der Waals surface area contributed by atoms with Gasteiger partial charge in [0.1, 0.15) is 11.4 Å². The van der Waals surface area contributed by atoms with Crippen molar-refractivity contribution in [2.45, 2.75) is 33.6 Å². The number of carbonyl (C=O) groups is 3. The van der Waals surface area contributed by atoms with Crippen molar-refractivity contribution in [2.24, 2.45) is 0 Å². The Kier molecular flexibility index (Phi) is 8.22. The van der Waals surface area contributed by atoms with Crippen molar-refractivity contribution in [1.82, 2.24) is 19.7 Å². The van der Waals surface area contributed by atoms with E-state index in [1.165, 1.54) is 0 Å². The van der Waals surface area contributed by atoms with Crippen LogP contribution in [0.1, 0.15) is 54.6 Å². The maximum atomic E-state index is 12.8. The number of pyridine rings is 1. The number of aromatic nitrogens is 1. The van der Waals surface area contributed by atoms with E-state index in [0.29, 0.717) is 45.9 Å². The average molecular weight is 390 g/mol. The predicted octanol–water partition coefficient (Wildman–Crippen LogP) is 2.26. The Balaban J connectivity index is 2.04. The second kappa shape index (κ2) is 10.6. The van der Waals surface area contributed by atoms with Crippen LogP contribution in [0.4, 0.5) is 4.79 Å². The molecule has 1 aliphatic heterocycles. The van der Waals surface area contributed by atoms with Gasteiger partial charge >= 0.3 is 6.09 Å². The van der Waals surface area contributed by atoms with Gasteiger partial charge in [-0.05, 0) is 31.9 Å². The lowest BCUT2D eigenvalue weighted by molar-refractivity contribution is 0.0565. The van der Waals surface area contributed by atoms with Crippen LogP contribution in [0.2, 0.25) is 0 Å². The third-order valence-electron chi connectivity index (χ3n) is 4.55. The highest BCUT2D eigenvalue weighted by molar-refractivity contribution is 5.96. The van der Waals surface area contributed by atoms with Crippen LogP contribution in [0.25, 0.3) is 0 Å². The van der Waals surface area contributed by atoms with Crippen LogP contribution in [0, 0.1) is 0 Å². The fraction of sp³-hybridized carbons (Fsp3) is 0.600. The molecule has 1 saturated heterocycles.